The Labute approximate surface area is 367 Å². The zero-order chi connectivity index (χ0) is 46.7. The molecule has 0 spiro atoms. The molecule has 0 radical (unpaired) electrons. The van der Waals surface area contributed by atoms with Crippen LogP contribution < -0.4 is 30.3 Å². The fraction of sp³-hybridized carbons (Fsp3) is 0.209. The number of nitrogens with one attached hydrogen (secondary N) is 1. The summed E-state index contributed by atoms with van der Waals surface area (Å²) in [5, 5.41) is 3.27. The number of ether oxygens (including phenoxy) is 2. The molecule has 7 aromatic rings. The molecule has 0 aliphatic carbocycles. The van der Waals surface area contributed by atoms with E-state index in [1.165, 1.54) is 13.3 Å². The van der Waals surface area contributed by atoms with Crippen molar-refractivity contribution in [3.63, 3.8) is 0 Å². The van der Waals surface area contributed by atoms with Crippen LogP contribution in [0.2, 0.25) is 0 Å². The molecular weight excluding hydrogens is 880 g/mol. The number of fused-ring (bicyclic) bond motifs is 2. The minimum Gasteiger partial charge on any atom is -0.462 e. The van der Waals surface area contributed by atoms with Crippen LogP contribution in [0.3, 0.4) is 0 Å². The van der Waals surface area contributed by atoms with Crippen molar-refractivity contribution in [1.29, 1.82) is 0 Å². The van der Waals surface area contributed by atoms with Crippen LogP contribution in [0, 0.1) is 0 Å². The van der Waals surface area contributed by atoms with E-state index in [1.807, 2.05) is 67.6 Å². The number of carbonyl (C=O) groups is 2. The zero-order valence-corrected chi connectivity index (χ0v) is 35.4. The zero-order valence-electron chi connectivity index (χ0n) is 34.6. The van der Waals surface area contributed by atoms with Crippen molar-refractivity contribution in [1.82, 2.24) is 29.4 Å². The second kappa shape index (κ2) is 20.5. The Kier molecular flexibility index (Phi) is 14.7. The molecule has 0 fully saturated rings. The molecule has 18 nitrogen and oxygen atoms in total. The van der Waals surface area contributed by atoms with Gasteiger partial charge in [-0.05, 0) is 37.5 Å². The van der Waals surface area contributed by atoms with Crippen molar-refractivity contribution in [2.24, 2.45) is 0 Å². The first-order chi connectivity index (χ1) is 31.2. The lowest BCUT2D eigenvalue weighted by molar-refractivity contribution is -0.0500. The lowest BCUT2D eigenvalue weighted by atomic mass is 10.1. The van der Waals surface area contributed by atoms with E-state index < -0.39 is 61.0 Å². The summed E-state index contributed by atoms with van der Waals surface area (Å²) in [6.45, 7) is 4.79. The highest BCUT2D eigenvalue weighted by Crippen LogP contribution is 2.33. The summed E-state index contributed by atoms with van der Waals surface area (Å²) in [6, 6.07) is 27.4. The first-order valence-corrected chi connectivity index (χ1v) is 20.9. The van der Waals surface area contributed by atoms with Gasteiger partial charge in [0.1, 0.15) is 25.9 Å². The molecule has 7 rings (SSSR count). The standard InChI is InChI=1S/C25H24N4O4.C18H14F3N3O7S/c1-3-32-25(31)21-22(28-17(2)19-12-8-5-9-13-19)20-14-26-16-27-23(20)29(24(21)30)33-15-18-10-6-4-7-11-18;1-2-29-17(26)13-14(31-32(27,28)18(19,20)21)12-8-22-10-23-15(12)24(16(13)25)30-9-11-6-4-3-5-7-11/h4-14,16-17,28H,3,15H2,1-2H3;3-8,10H,2,9H2,1H3. The molecule has 22 heteroatoms. The molecule has 0 aliphatic heterocycles. The Hall–Kier alpha value is -7.88. The molecule has 65 heavy (non-hydrogen) atoms. The quantitative estimate of drug-likeness (QED) is 0.0752. The maximum absolute atomic E-state index is 13.5. The third-order valence-corrected chi connectivity index (χ3v) is 10.0. The maximum Gasteiger partial charge on any atom is 0.534 e. The Balaban J connectivity index is 0.000000216. The van der Waals surface area contributed by atoms with Crippen LogP contribution in [0.5, 0.6) is 5.75 Å². The number of rotatable bonds is 15. The number of esters is 2. The number of alkyl halides is 3. The smallest absolute Gasteiger partial charge is 0.462 e. The third kappa shape index (κ3) is 10.7. The lowest BCUT2D eigenvalue weighted by Crippen LogP contribution is -2.35. The average molecular weight is 918 g/mol. The van der Waals surface area contributed by atoms with Gasteiger partial charge < -0.3 is 28.6 Å². The average Bonchev–Trinajstić information content (AvgIpc) is 3.29. The van der Waals surface area contributed by atoms with E-state index in [4.69, 9.17) is 19.1 Å². The fourth-order valence-corrected chi connectivity index (χ4v) is 6.54. The number of carbonyl (C=O) groups excluding carboxylic acids is 2. The number of hydrogen-bond acceptors (Lipinski definition) is 16. The van der Waals surface area contributed by atoms with Gasteiger partial charge >= 0.3 is 38.7 Å². The van der Waals surface area contributed by atoms with E-state index in [2.05, 4.69) is 29.4 Å². The van der Waals surface area contributed by atoms with Crippen LogP contribution in [0.25, 0.3) is 22.1 Å². The van der Waals surface area contributed by atoms with Crippen molar-refractivity contribution in [2.75, 3.05) is 18.5 Å². The number of hydrogen-bond donors (Lipinski definition) is 1. The second-order valence-electron chi connectivity index (χ2n) is 13.4. The molecule has 1 unspecified atom stereocenters. The molecule has 1 N–H and O–H groups in total. The van der Waals surface area contributed by atoms with Gasteiger partial charge in [-0.15, -0.1) is 9.46 Å². The Bertz CT molecular complexity index is 3030. The van der Waals surface area contributed by atoms with Crippen molar-refractivity contribution in [2.45, 2.75) is 45.5 Å². The minimum absolute atomic E-state index is 0.120. The van der Waals surface area contributed by atoms with Crippen LogP contribution in [-0.4, -0.2) is 68.5 Å². The molecule has 338 valence electrons. The van der Waals surface area contributed by atoms with Crippen molar-refractivity contribution in [3.8, 4) is 5.75 Å². The van der Waals surface area contributed by atoms with Gasteiger partial charge in [0.15, 0.2) is 28.2 Å². The fourth-order valence-electron chi connectivity index (χ4n) is 6.05. The van der Waals surface area contributed by atoms with E-state index >= 15 is 0 Å². The molecule has 0 saturated carbocycles. The Morgan fingerprint density at radius 3 is 1.63 bits per heavy atom. The van der Waals surface area contributed by atoms with Gasteiger partial charge in [0, 0.05) is 18.4 Å². The monoisotopic (exact) mass is 917 g/mol. The first kappa shape index (κ1) is 46.6. The highest BCUT2D eigenvalue weighted by molar-refractivity contribution is 7.88. The highest BCUT2D eigenvalue weighted by Gasteiger charge is 2.49. The van der Waals surface area contributed by atoms with E-state index in [1.54, 1.807) is 43.5 Å². The van der Waals surface area contributed by atoms with Crippen LogP contribution in [0.1, 0.15) is 64.2 Å². The van der Waals surface area contributed by atoms with E-state index in [0.717, 1.165) is 28.4 Å². The molecule has 0 amide bonds. The molecule has 1 atom stereocenters. The largest absolute Gasteiger partial charge is 0.534 e. The van der Waals surface area contributed by atoms with Gasteiger partial charge in [-0.25, -0.2) is 29.5 Å². The van der Waals surface area contributed by atoms with Crippen LogP contribution >= 0.6 is 0 Å². The molecule has 3 aromatic carbocycles. The Morgan fingerprint density at radius 1 is 0.692 bits per heavy atom. The predicted octanol–water partition coefficient (Wildman–Crippen LogP) is 5.60. The van der Waals surface area contributed by atoms with E-state index in [0.29, 0.717) is 21.4 Å². The lowest BCUT2D eigenvalue weighted by Gasteiger charge is -2.21. The predicted molar refractivity (Wildman–Crippen MR) is 227 cm³/mol. The van der Waals surface area contributed by atoms with Crippen molar-refractivity contribution in [3.05, 3.63) is 165 Å². The number of benzene rings is 3. The molecule has 0 bridgehead atoms. The number of aromatic nitrogens is 6. The summed E-state index contributed by atoms with van der Waals surface area (Å²) >= 11 is 0. The minimum atomic E-state index is -6.25. The molecule has 0 saturated heterocycles. The molecule has 0 aliphatic rings. The van der Waals surface area contributed by atoms with Gasteiger partial charge in [0.2, 0.25) is 0 Å². The Morgan fingerprint density at radius 2 is 1.14 bits per heavy atom. The molecular formula is C43H38F3N7O11S. The van der Waals surface area contributed by atoms with Crippen molar-refractivity contribution < 1.29 is 54.5 Å². The summed E-state index contributed by atoms with van der Waals surface area (Å²) in [5.41, 5.74) is -6.51. The summed E-state index contributed by atoms with van der Waals surface area (Å²) < 4.78 is 77.7. The third-order valence-electron chi connectivity index (χ3n) is 9.06. The van der Waals surface area contributed by atoms with Gasteiger partial charge in [-0.2, -0.15) is 21.6 Å². The van der Waals surface area contributed by atoms with Crippen LogP contribution in [-0.2, 0) is 32.8 Å². The number of nitrogens with zero attached hydrogens (tertiary/aromatic N) is 6. The summed E-state index contributed by atoms with van der Waals surface area (Å²) in [5.74, 6) is -3.39. The number of halogens is 3. The SMILES string of the molecule is CCOC(=O)c1c(NC(C)c2ccccc2)c2cncnc2n(OCc2ccccc2)c1=O.CCOC(=O)c1c(OS(=O)(=O)C(F)(F)F)c2cncnc2n(OCc2ccccc2)c1=O. The van der Waals surface area contributed by atoms with Gasteiger partial charge in [-0.1, -0.05) is 91.0 Å². The van der Waals surface area contributed by atoms with E-state index in [-0.39, 0.29) is 43.7 Å². The second-order valence-corrected chi connectivity index (χ2v) is 14.9. The van der Waals surface area contributed by atoms with Gasteiger partial charge in [0.05, 0.1) is 29.7 Å². The van der Waals surface area contributed by atoms with Gasteiger partial charge in [0.25, 0.3) is 0 Å². The van der Waals surface area contributed by atoms with Crippen LogP contribution in [0.4, 0.5) is 18.9 Å². The number of anilines is 1. The summed E-state index contributed by atoms with van der Waals surface area (Å²) in [4.78, 5) is 78.8. The topological polar surface area (TPSA) is 222 Å². The van der Waals surface area contributed by atoms with E-state index in [9.17, 15) is 40.8 Å². The molecule has 4 aromatic heterocycles. The summed E-state index contributed by atoms with van der Waals surface area (Å²) in [6.07, 6.45) is 4.69. The summed E-state index contributed by atoms with van der Waals surface area (Å²) in [7, 11) is -6.25. The molecule has 4 heterocycles. The van der Waals surface area contributed by atoms with Gasteiger partial charge in [-0.3, -0.25) is 9.59 Å². The first-order valence-electron chi connectivity index (χ1n) is 19.4. The highest BCUT2D eigenvalue weighted by atomic mass is 32.2. The maximum atomic E-state index is 13.5. The number of pyridine rings is 2. The normalized spacial score (nSPS) is 11.8. The van der Waals surface area contributed by atoms with Crippen LogP contribution in [0.15, 0.2) is 126 Å². The van der Waals surface area contributed by atoms with Crippen molar-refractivity contribution >= 4 is 49.8 Å².